The van der Waals surface area contributed by atoms with Gasteiger partial charge in [0.05, 0.1) is 6.10 Å². The monoisotopic (exact) mass is 256 g/mol. The average Bonchev–Trinajstić information content (AvgIpc) is 2.70. The van der Waals surface area contributed by atoms with Crippen molar-refractivity contribution in [1.82, 2.24) is 9.80 Å². The predicted octanol–water partition coefficient (Wildman–Crippen LogP) is 0.645. The predicted molar refractivity (Wildman–Crippen MR) is 68.7 cm³/mol. The SMILES string of the molecule is CC1CN(C)CCCN1CC1CCC(C(=O)O)O1. The Kier molecular flexibility index (Phi) is 4.59. The van der Waals surface area contributed by atoms with Gasteiger partial charge < -0.3 is 14.7 Å². The van der Waals surface area contributed by atoms with Crippen molar-refractivity contribution < 1.29 is 14.6 Å². The van der Waals surface area contributed by atoms with Gasteiger partial charge in [0.2, 0.25) is 0 Å². The first-order chi connectivity index (χ1) is 8.56. The van der Waals surface area contributed by atoms with Gasteiger partial charge in [0.15, 0.2) is 6.10 Å². The summed E-state index contributed by atoms with van der Waals surface area (Å²) in [5.74, 6) is -0.818. The highest BCUT2D eigenvalue weighted by Gasteiger charge is 2.32. The molecule has 0 radical (unpaired) electrons. The van der Waals surface area contributed by atoms with Gasteiger partial charge in [0, 0.05) is 19.1 Å². The molecule has 104 valence electrons. The lowest BCUT2D eigenvalue weighted by Gasteiger charge is -2.30. The van der Waals surface area contributed by atoms with Gasteiger partial charge in [-0.3, -0.25) is 4.90 Å². The first kappa shape index (κ1) is 13.8. The zero-order valence-corrected chi connectivity index (χ0v) is 11.3. The number of carboxylic acids is 1. The maximum Gasteiger partial charge on any atom is 0.332 e. The van der Waals surface area contributed by atoms with Crippen molar-refractivity contribution in [2.45, 2.75) is 44.4 Å². The summed E-state index contributed by atoms with van der Waals surface area (Å²) in [5.41, 5.74) is 0. The Balaban J connectivity index is 1.84. The molecule has 5 nitrogen and oxygen atoms in total. The van der Waals surface area contributed by atoms with Crippen LogP contribution in [-0.4, -0.2) is 72.4 Å². The first-order valence-electron chi connectivity index (χ1n) is 6.87. The number of carbonyl (C=O) groups is 1. The summed E-state index contributed by atoms with van der Waals surface area (Å²) in [5, 5.41) is 8.92. The van der Waals surface area contributed by atoms with E-state index in [0.717, 1.165) is 32.6 Å². The first-order valence-corrected chi connectivity index (χ1v) is 6.87. The molecule has 2 aliphatic heterocycles. The summed E-state index contributed by atoms with van der Waals surface area (Å²) in [6.07, 6.45) is 2.21. The summed E-state index contributed by atoms with van der Waals surface area (Å²) in [6, 6.07) is 0.518. The van der Waals surface area contributed by atoms with E-state index < -0.39 is 12.1 Å². The third kappa shape index (κ3) is 3.43. The second-order valence-electron chi connectivity index (χ2n) is 5.62. The van der Waals surface area contributed by atoms with E-state index in [1.54, 1.807) is 0 Å². The topological polar surface area (TPSA) is 53.0 Å². The molecule has 2 saturated heterocycles. The third-order valence-electron chi connectivity index (χ3n) is 4.01. The molecule has 2 rings (SSSR count). The van der Waals surface area contributed by atoms with Crippen LogP contribution in [0.5, 0.6) is 0 Å². The fourth-order valence-corrected chi connectivity index (χ4v) is 2.98. The molecule has 18 heavy (non-hydrogen) atoms. The van der Waals surface area contributed by atoms with Gasteiger partial charge >= 0.3 is 5.97 Å². The lowest BCUT2D eigenvalue weighted by molar-refractivity contribution is -0.149. The van der Waals surface area contributed by atoms with E-state index in [4.69, 9.17) is 9.84 Å². The van der Waals surface area contributed by atoms with E-state index in [0.29, 0.717) is 12.5 Å². The van der Waals surface area contributed by atoms with Crippen LogP contribution in [0.25, 0.3) is 0 Å². The number of carboxylic acid groups (broad SMARTS) is 1. The minimum absolute atomic E-state index is 0.0944. The third-order valence-corrected chi connectivity index (χ3v) is 4.01. The summed E-state index contributed by atoms with van der Waals surface area (Å²) >= 11 is 0. The van der Waals surface area contributed by atoms with E-state index in [2.05, 4.69) is 23.8 Å². The molecule has 0 aromatic carbocycles. The van der Waals surface area contributed by atoms with Gasteiger partial charge in [-0.1, -0.05) is 0 Å². The summed E-state index contributed by atoms with van der Waals surface area (Å²) < 4.78 is 5.59. The minimum atomic E-state index is -0.818. The van der Waals surface area contributed by atoms with E-state index in [-0.39, 0.29) is 6.10 Å². The summed E-state index contributed by atoms with van der Waals surface area (Å²) in [6.45, 7) is 6.42. The van der Waals surface area contributed by atoms with E-state index >= 15 is 0 Å². The molecular formula is C13H24N2O3. The van der Waals surface area contributed by atoms with Gasteiger partial charge in [0.1, 0.15) is 0 Å². The van der Waals surface area contributed by atoms with Crippen molar-refractivity contribution in [1.29, 1.82) is 0 Å². The lowest BCUT2D eigenvalue weighted by atomic mass is 10.1. The van der Waals surface area contributed by atoms with E-state index in [1.165, 1.54) is 6.42 Å². The van der Waals surface area contributed by atoms with Crippen LogP contribution in [0.3, 0.4) is 0 Å². The van der Waals surface area contributed by atoms with Crippen LogP contribution in [-0.2, 0) is 9.53 Å². The Morgan fingerprint density at radius 3 is 2.83 bits per heavy atom. The quantitative estimate of drug-likeness (QED) is 0.803. The van der Waals surface area contributed by atoms with Crippen LogP contribution in [0.1, 0.15) is 26.2 Å². The van der Waals surface area contributed by atoms with Crippen LogP contribution in [0.4, 0.5) is 0 Å². The molecule has 5 heteroatoms. The molecule has 2 fully saturated rings. The number of likely N-dealkylation sites (N-methyl/N-ethyl adjacent to an activating group) is 1. The number of nitrogens with zero attached hydrogens (tertiary/aromatic N) is 2. The molecule has 0 aromatic heterocycles. The highest BCUT2D eigenvalue weighted by Crippen LogP contribution is 2.22. The Labute approximate surface area is 109 Å². The largest absolute Gasteiger partial charge is 0.479 e. The number of aliphatic carboxylic acids is 1. The number of ether oxygens (including phenoxy) is 1. The maximum absolute atomic E-state index is 10.9. The van der Waals surface area contributed by atoms with Crippen LogP contribution < -0.4 is 0 Å². The summed E-state index contributed by atoms with van der Waals surface area (Å²) in [7, 11) is 2.16. The van der Waals surface area contributed by atoms with Crippen molar-refractivity contribution >= 4 is 5.97 Å². The van der Waals surface area contributed by atoms with Crippen molar-refractivity contribution in [2.75, 3.05) is 33.2 Å². The Bertz CT molecular complexity index is 298. The average molecular weight is 256 g/mol. The van der Waals surface area contributed by atoms with Gasteiger partial charge in [0.25, 0.3) is 0 Å². The Morgan fingerprint density at radius 2 is 2.17 bits per heavy atom. The van der Waals surface area contributed by atoms with E-state index in [1.807, 2.05) is 0 Å². The van der Waals surface area contributed by atoms with Gasteiger partial charge in [-0.15, -0.1) is 0 Å². The van der Waals surface area contributed by atoms with Crippen LogP contribution in [0, 0.1) is 0 Å². The fourth-order valence-electron chi connectivity index (χ4n) is 2.98. The molecule has 2 heterocycles. The molecular weight excluding hydrogens is 232 g/mol. The van der Waals surface area contributed by atoms with Gasteiger partial charge in [-0.25, -0.2) is 4.79 Å². The maximum atomic E-state index is 10.9. The molecule has 0 saturated carbocycles. The van der Waals surface area contributed by atoms with Crippen LogP contribution in [0.2, 0.25) is 0 Å². The standard InChI is InChI=1S/C13H24N2O3/c1-10-8-14(2)6-3-7-15(10)9-11-4-5-12(18-11)13(16)17/h10-12H,3-9H2,1-2H3,(H,16,17). The molecule has 3 unspecified atom stereocenters. The van der Waals surface area contributed by atoms with Crippen molar-refractivity contribution in [2.24, 2.45) is 0 Å². The van der Waals surface area contributed by atoms with Crippen molar-refractivity contribution in [3.05, 3.63) is 0 Å². The number of hydrogen-bond acceptors (Lipinski definition) is 4. The van der Waals surface area contributed by atoms with Gasteiger partial charge in [-0.05, 0) is 46.3 Å². The second-order valence-corrected chi connectivity index (χ2v) is 5.62. The molecule has 1 N–H and O–H groups in total. The molecule has 0 aromatic rings. The molecule has 0 amide bonds. The Morgan fingerprint density at radius 1 is 1.39 bits per heavy atom. The van der Waals surface area contributed by atoms with Crippen molar-refractivity contribution in [3.63, 3.8) is 0 Å². The molecule has 0 bridgehead atoms. The summed E-state index contributed by atoms with van der Waals surface area (Å²) in [4.78, 5) is 15.7. The lowest BCUT2D eigenvalue weighted by Crippen LogP contribution is -2.42. The smallest absolute Gasteiger partial charge is 0.332 e. The van der Waals surface area contributed by atoms with Crippen LogP contribution in [0.15, 0.2) is 0 Å². The minimum Gasteiger partial charge on any atom is -0.479 e. The van der Waals surface area contributed by atoms with Gasteiger partial charge in [-0.2, -0.15) is 0 Å². The second kappa shape index (κ2) is 5.99. The van der Waals surface area contributed by atoms with E-state index in [9.17, 15) is 4.79 Å². The number of rotatable bonds is 3. The Hall–Kier alpha value is -0.650. The molecule has 0 spiro atoms. The zero-order chi connectivity index (χ0) is 13.1. The number of hydrogen-bond donors (Lipinski definition) is 1. The molecule has 0 aliphatic carbocycles. The molecule has 3 atom stereocenters. The normalized spacial score (nSPS) is 35.6. The fraction of sp³-hybridized carbons (Fsp3) is 0.923. The highest BCUT2D eigenvalue weighted by atomic mass is 16.5. The van der Waals surface area contributed by atoms with Crippen LogP contribution >= 0.6 is 0 Å². The van der Waals surface area contributed by atoms with Crippen molar-refractivity contribution in [3.8, 4) is 0 Å². The highest BCUT2D eigenvalue weighted by molar-refractivity contribution is 5.72. The molecule has 2 aliphatic rings. The zero-order valence-electron chi connectivity index (χ0n) is 11.3.